The van der Waals surface area contributed by atoms with Crippen LogP contribution in [0.4, 0.5) is 11.4 Å². The largest absolute Gasteiger partial charge is 0.497 e. The van der Waals surface area contributed by atoms with Gasteiger partial charge in [-0.25, -0.2) is 0 Å². The van der Waals surface area contributed by atoms with Crippen LogP contribution in [0.1, 0.15) is 22.8 Å². The molecule has 3 fully saturated rings. The smallest absolute Gasteiger partial charge is 0.305 e. The molecular weight excluding hydrogens is 639 g/mol. The molecule has 3 aromatic carbocycles. The molecular formula is C35H31N3O7S2. The van der Waals surface area contributed by atoms with Crippen molar-refractivity contribution in [3.05, 3.63) is 92.9 Å². The second-order valence-electron chi connectivity index (χ2n) is 12.3. The minimum atomic E-state index is -0.386. The Morgan fingerprint density at radius 2 is 1.66 bits per heavy atom. The number of nitrogens with zero attached hydrogens (tertiary/aromatic N) is 1. The van der Waals surface area contributed by atoms with E-state index in [1.807, 2.05) is 42.5 Å². The number of nitrogens with one attached hydrogen (secondary N) is 2. The summed E-state index contributed by atoms with van der Waals surface area (Å²) in [5, 5.41) is 3.71. The van der Waals surface area contributed by atoms with E-state index in [4.69, 9.17) is 14.2 Å². The number of fused-ring (bicyclic) bond motifs is 9. The molecule has 0 radical (unpaired) electrons. The third kappa shape index (κ3) is 4.84. The van der Waals surface area contributed by atoms with Crippen LogP contribution in [0.25, 0.3) is 0 Å². The molecule has 4 aliphatic rings. The van der Waals surface area contributed by atoms with E-state index in [0.29, 0.717) is 28.6 Å². The van der Waals surface area contributed by atoms with Gasteiger partial charge >= 0.3 is 4.87 Å². The molecule has 2 N–H and O–H groups in total. The average molecular weight is 670 g/mol. The van der Waals surface area contributed by atoms with Crippen LogP contribution in [0.3, 0.4) is 0 Å². The third-order valence-electron chi connectivity index (χ3n) is 10.0. The first kappa shape index (κ1) is 29.8. The Bertz CT molecular complexity index is 1940. The SMILES string of the molecule is COc1ccc(NC(=O)COc2ccc([C@H]3c4sc(=O)[nH]c4SC4C5CC(C6C(=O)N(c7ccccc7)C(=O)C56)C43)cc2OC)cc1. The first-order valence-electron chi connectivity index (χ1n) is 15.4. The number of carbonyl (C=O) groups is 3. The van der Waals surface area contributed by atoms with Crippen LogP contribution in [0, 0.1) is 29.6 Å². The number of para-hydroxylation sites is 1. The number of hydrogen-bond donors (Lipinski definition) is 2. The lowest BCUT2D eigenvalue weighted by Crippen LogP contribution is -2.42. The summed E-state index contributed by atoms with van der Waals surface area (Å²) >= 11 is 2.85. The average Bonchev–Trinajstić information content (AvgIpc) is 3.83. The van der Waals surface area contributed by atoms with Crippen LogP contribution in [-0.4, -0.2) is 48.8 Å². The van der Waals surface area contributed by atoms with Crippen molar-refractivity contribution in [2.75, 3.05) is 31.0 Å². The van der Waals surface area contributed by atoms with E-state index in [2.05, 4.69) is 10.3 Å². The highest BCUT2D eigenvalue weighted by atomic mass is 32.2. The monoisotopic (exact) mass is 669 g/mol. The minimum absolute atomic E-state index is 0.00779. The van der Waals surface area contributed by atoms with E-state index in [1.54, 1.807) is 56.3 Å². The fraction of sp³-hybridized carbons (Fsp3) is 0.314. The molecule has 2 bridgehead atoms. The van der Waals surface area contributed by atoms with Crippen molar-refractivity contribution in [2.45, 2.75) is 22.6 Å². The number of methoxy groups -OCH3 is 2. The Balaban J connectivity index is 1.07. The molecule has 10 nitrogen and oxygen atoms in total. The Hall–Kier alpha value is -4.55. The van der Waals surface area contributed by atoms with Crippen molar-refractivity contribution in [1.29, 1.82) is 0 Å². The summed E-state index contributed by atoms with van der Waals surface area (Å²) in [6.07, 6.45) is 0.801. The quantitative estimate of drug-likeness (QED) is 0.247. The van der Waals surface area contributed by atoms with Crippen molar-refractivity contribution in [3.63, 3.8) is 0 Å². The molecule has 47 heavy (non-hydrogen) atoms. The van der Waals surface area contributed by atoms with E-state index >= 15 is 0 Å². The fourth-order valence-corrected chi connectivity index (χ4v) is 11.1. The van der Waals surface area contributed by atoms with Crippen LogP contribution < -0.4 is 29.3 Å². The molecule has 8 rings (SSSR count). The zero-order valence-corrected chi connectivity index (χ0v) is 27.1. The highest BCUT2D eigenvalue weighted by molar-refractivity contribution is 8.00. The zero-order valence-electron chi connectivity index (χ0n) is 25.5. The van der Waals surface area contributed by atoms with Gasteiger partial charge in [-0.1, -0.05) is 35.6 Å². The molecule has 1 saturated heterocycles. The van der Waals surface area contributed by atoms with Crippen molar-refractivity contribution in [3.8, 4) is 17.2 Å². The number of amides is 3. The van der Waals surface area contributed by atoms with E-state index in [-0.39, 0.29) is 70.0 Å². The molecule has 3 amide bonds. The van der Waals surface area contributed by atoms with Gasteiger partial charge in [0, 0.05) is 21.7 Å². The number of rotatable bonds is 8. The second-order valence-corrected chi connectivity index (χ2v) is 14.5. The zero-order chi connectivity index (χ0) is 32.4. The fourth-order valence-electron chi connectivity index (χ4n) is 8.23. The lowest BCUT2D eigenvalue weighted by Gasteiger charge is -2.43. The first-order valence-corrected chi connectivity index (χ1v) is 17.1. The number of H-pyrrole nitrogens is 1. The molecule has 1 aromatic heterocycles. The van der Waals surface area contributed by atoms with Crippen molar-refractivity contribution in [1.82, 2.24) is 4.98 Å². The van der Waals surface area contributed by atoms with Crippen LogP contribution >= 0.6 is 23.1 Å². The summed E-state index contributed by atoms with van der Waals surface area (Å²) in [7, 11) is 3.13. The Morgan fingerprint density at radius 3 is 2.38 bits per heavy atom. The van der Waals surface area contributed by atoms with Gasteiger partial charge in [0.1, 0.15) is 5.75 Å². The van der Waals surface area contributed by atoms with Crippen LogP contribution in [0.15, 0.2) is 82.6 Å². The maximum absolute atomic E-state index is 13.9. The molecule has 2 aliphatic carbocycles. The van der Waals surface area contributed by atoms with Crippen LogP contribution in [0.2, 0.25) is 0 Å². The number of ether oxygens (including phenoxy) is 3. The molecule has 6 unspecified atom stereocenters. The van der Waals surface area contributed by atoms with Gasteiger partial charge in [0.25, 0.3) is 5.91 Å². The third-order valence-corrected chi connectivity index (χ3v) is 12.6. The first-order chi connectivity index (χ1) is 22.9. The lowest BCUT2D eigenvalue weighted by molar-refractivity contribution is -0.123. The van der Waals surface area contributed by atoms with Gasteiger partial charge in [-0.05, 0) is 78.3 Å². The molecule has 2 aliphatic heterocycles. The second kappa shape index (κ2) is 11.6. The summed E-state index contributed by atoms with van der Waals surface area (Å²) in [5.41, 5.74) is 2.17. The van der Waals surface area contributed by atoms with E-state index in [1.165, 1.54) is 16.2 Å². The standard InChI is InChI=1S/C35H31N3O7S2/c1-43-20-11-9-18(10-12-20)36-25(39)16-45-23-13-8-17(14-24(23)44-2)26-27-21-15-22(30(27)46-32-31(26)47-35(42)37-32)29-28(21)33(40)38(34(29)41)19-6-4-3-5-7-19/h3-14,21-22,26-30H,15-16H2,1-2H3,(H,36,39)(H,37,42)/t21?,22?,26-,27?,28?,29?,30?/m1/s1. The van der Waals surface area contributed by atoms with E-state index in [9.17, 15) is 19.2 Å². The van der Waals surface area contributed by atoms with Gasteiger partial charge in [0.2, 0.25) is 11.8 Å². The number of thioether (sulfide) groups is 1. The molecule has 3 heterocycles. The number of thiazole rings is 1. The summed E-state index contributed by atoms with van der Waals surface area (Å²) in [6, 6.07) is 21.8. The van der Waals surface area contributed by atoms with E-state index < -0.39 is 0 Å². The van der Waals surface area contributed by atoms with Crippen molar-refractivity contribution < 1.29 is 28.6 Å². The number of aromatic amines is 1. The van der Waals surface area contributed by atoms with Crippen molar-refractivity contribution in [2.24, 2.45) is 29.6 Å². The van der Waals surface area contributed by atoms with Gasteiger partial charge in [-0.15, -0.1) is 11.8 Å². The number of anilines is 2. The topological polar surface area (TPSA) is 127 Å². The Labute approximate surface area is 278 Å². The molecule has 4 aromatic rings. The predicted molar refractivity (Wildman–Crippen MR) is 178 cm³/mol. The Morgan fingerprint density at radius 1 is 0.915 bits per heavy atom. The van der Waals surface area contributed by atoms with Crippen molar-refractivity contribution >= 4 is 52.2 Å². The minimum Gasteiger partial charge on any atom is -0.497 e. The van der Waals surface area contributed by atoms with Gasteiger partial charge in [0.15, 0.2) is 18.1 Å². The van der Waals surface area contributed by atoms with Crippen LogP contribution in [-0.2, 0) is 14.4 Å². The summed E-state index contributed by atoms with van der Waals surface area (Å²) < 4.78 is 16.8. The number of aromatic nitrogens is 1. The maximum Gasteiger partial charge on any atom is 0.305 e. The highest BCUT2D eigenvalue weighted by Crippen LogP contribution is 2.68. The lowest BCUT2D eigenvalue weighted by atomic mass is 9.68. The number of carbonyl (C=O) groups excluding carboxylic acids is 3. The Kier molecular flexibility index (Phi) is 7.36. The molecule has 12 heteroatoms. The summed E-state index contributed by atoms with van der Waals surface area (Å²) in [5.74, 6) is 0.143. The number of benzene rings is 3. The van der Waals surface area contributed by atoms with Gasteiger partial charge < -0.3 is 24.5 Å². The molecule has 2 saturated carbocycles. The summed E-state index contributed by atoms with van der Waals surface area (Å²) in [6.45, 7) is -0.225. The number of imide groups is 1. The molecule has 0 spiro atoms. The molecule has 7 atom stereocenters. The maximum atomic E-state index is 13.9. The van der Waals surface area contributed by atoms with Gasteiger partial charge in [-0.2, -0.15) is 0 Å². The van der Waals surface area contributed by atoms with Gasteiger partial charge in [0.05, 0.1) is 36.8 Å². The highest BCUT2D eigenvalue weighted by Gasteiger charge is 2.69. The molecule has 240 valence electrons. The van der Waals surface area contributed by atoms with Crippen LogP contribution in [0.5, 0.6) is 17.2 Å². The van der Waals surface area contributed by atoms with Gasteiger partial charge in [-0.3, -0.25) is 24.1 Å². The predicted octanol–water partition coefficient (Wildman–Crippen LogP) is 5.15. The number of hydrogen-bond acceptors (Lipinski definition) is 9. The van der Waals surface area contributed by atoms with E-state index in [0.717, 1.165) is 21.9 Å². The normalized spacial score (nSPS) is 26.9. The summed E-state index contributed by atoms with van der Waals surface area (Å²) in [4.78, 5) is 58.3.